The largest absolute Gasteiger partial charge is 0.497 e. The van der Waals surface area contributed by atoms with Crippen LogP contribution in [-0.2, 0) is 20.8 Å². The minimum Gasteiger partial charge on any atom is -0.497 e. The van der Waals surface area contributed by atoms with Crippen LogP contribution in [0.15, 0.2) is 66.7 Å². The van der Waals surface area contributed by atoms with Crippen molar-refractivity contribution in [2.75, 3.05) is 51.0 Å². The molecule has 3 N–H and O–H groups in total. The standard InChI is InChI=1S/C30H31F2N5O5/c1-35(22-7-9-23(42-2)10-8-22)30(41)26(15-19-13-20(31)16-21(32)14-19)34-27(38)17-36-11-12-37(18-28(36)39)29(40)24-5-3-4-6-25(24)33/h3-10,13-14,16,26H,11-12,15,17-18,33H2,1-2H3,(H,34,38)/t26-/m0/s1. The Morgan fingerprint density at radius 2 is 1.69 bits per heavy atom. The molecule has 42 heavy (non-hydrogen) atoms. The van der Waals surface area contributed by atoms with Crippen molar-refractivity contribution in [1.29, 1.82) is 0 Å². The van der Waals surface area contributed by atoms with Crippen LogP contribution >= 0.6 is 0 Å². The third-order valence-electron chi connectivity index (χ3n) is 6.92. The predicted octanol–water partition coefficient (Wildman–Crippen LogP) is 2.23. The van der Waals surface area contributed by atoms with Gasteiger partial charge in [0.1, 0.15) is 30.0 Å². The summed E-state index contributed by atoms with van der Waals surface area (Å²) in [5, 5.41) is 2.62. The van der Waals surface area contributed by atoms with Gasteiger partial charge in [-0.3, -0.25) is 19.2 Å². The number of nitrogens with one attached hydrogen (secondary N) is 1. The SMILES string of the molecule is COc1ccc(N(C)C(=O)[C@H](Cc2cc(F)cc(F)c2)NC(=O)CN2CCN(C(=O)c3ccccc3N)CC2=O)cc1. The average molecular weight is 580 g/mol. The van der Waals surface area contributed by atoms with E-state index in [2.05, 4.69) is 5.32 Å². The number of nitrogens with zero attached hydrogens (tertiary/aromatic N) is 3. The quantitative estimate of drug-likeness (QED) is 0.375. The highest BCUT2D eigenvalue weighted by atomic mass is 19.1. The van der Waals surface area contributed by atoms with Gasteiger partial charge in [-0.1, -0.05) is 12.1 Å². The van der Waals surface area contributed by atoms with Gasteiger partial charge in [-0.05, 0) is 54.1 Å². The van der Waals surface area contributed by atoms with Gasteiger partial charge in [-0.15, -0.1) is 0 Å². The Balaban J connectivity index is 1.45. The topological polar surface area (TPSA) is 125 Å². The molecule has 0 radical (unpaired) electrons. The van der Waals surface area contributed by atoms with Crippen LogP contribution in [0.4, 0.5) is 20.2 Å². The van der Waals surface area contributed by atoms with Gasteiger partial charge in [0.2, 0.25) is 17.7 Å². The smallest absolute Gasteiger partial charge is 0.256 e. The molecule has 1 fully saturated rings. The van der Waals surface area contributed by atoms with Crippen molar-refractivity contribution in [1.82, 2.24) is 15.1 Å². The molecule has 0 aliphatic carbocycles. The molecule has 0 aromatic heterocycles. The lowest BCUT2D eigenvalue weighted by atomic mass is 10.0. The summed E-state index contributed by atoms with van der Waals surface area (Å²) in [4.78, 5) is 56.2. The molecule has 10 nitrogen and oxygen atoms in total. The summed E-state index contributed by atoms with van der Waals surface area (Å²) < 4.78 is 32.9. The summed E-state index contributed by atoms with van der Waals surface area (Å²) in [5.74, 6) is -3.08. The third-order valence-corrected chi connectivity index (χ3v) is 6.92. The molecule has 3 aromatic rings. The highest BCUT2D eigenvalue weighted by Crippen LogP contribution is 2.20. The fourth-order valence-electron chi connectivity index (χ4n) is 4.66. The first-order chi connectivity index (χ1) is 20.0. The third kappa shape index (κ3) is 7.19. The molecule has 3 aromatic carbocycles. The van der Waals surface area contributed by atoms with Gasteiger partial charge in [0.25, 0.3) is 5.91 Å². The van der Waals surface area contributed by atoms with Crippen LogP contribution in [-0.4, -0.2) is 79.8 Å². The molecule has 4 amide bonds. The van der Waals surface area contributed by atoms with E-state index in [4.69, 9.17) is 10.5 Å². The number of methoxy groups -OCH3 is 1. The summed E-state index contributed by atoms with van der Waals surface area (Å²) in [6.45, 7) is -0.352. The molecular formula is C30H31F2N5O5. The van der Waals surface area contributed by atoms with E-state index in [1.54, 1.807) is 48.5 Å². The number of carbonyl (C=O) groups excluding carboxylic acids is 4. The number of likely N-dealkylation sites (N-methyl/N-ethyl adjacent to an activating group) is 1. The predicted molar refractivity (Wildman–Crippen MR) is 152 cm³/mol. The maximum Gasteiger partial charge on any atom is 0.256 e. The Hall–Kier alpha value is -5.00. The first-order valence-corrected chi connectivity index (χ1v) is 13.1. The summed E-state index contributed by atoms with van der Waals surface area (Å²) in [6.07, 6.45) is -0.200. The molecule has 1 aliphatic rings. The number of hydrogen-bond donors (Lipinski definition) is 2. The first-order valence-electron chi connectivity index (χ1n) is 13.1. The molecule has 1 saturated heterocycles. The molecule has 0 unspecified atom stereocenters. The van der Waals surface area contributed by atoms with Crippen LogP contribution in [0, 0.1) is 11.6 Å². The van der Waals surface area contributed by atoms with Crippen molar-refractivity contribution in [3.63, 3.8) is 0 Å². The second-order valence-corrected chi connectivity index (χ2v) is 9.83. The zero-order chi connectivity index (χ0) is 30.4. The van der Waals surface area contributed by atoms with Gasteiger partial charge >= 0.3 is 0 Å². The van der Waals surface area contributed by atoms with Crippen LogP contribution in [0.25, 0.3) is 0 Å². The lowest BCUT2D eigenvalue weighted by Crippen LogP contribution is -2.56. The maximum absolute atomic E-state index is 13.9. The number of anilines is 2. The highest BCUT2D eigenvalue weighted by molar-refractivity contribution is 6.02. The van der Waals surface area contributed by atoms with Crippen LogP contribution in [0.2, 0.25) is 0 Å². The lowest BCUT2D eigenvalue weighted by molar-refractivity contribution is -0.139. The molecule has 220 valence electrons. The van der Waals surface area contributed by atoms with Crippen LogP contribution < -0.4 is 20.7 Å². The number of nitrogen functional groups attached to an aromatic ring is 1. The lowest BCUT2D eigenvalue weighted by Gasteiger charge is -2.34. The van der Waals surface area contributed by atoms with Gasteiger partial charge < -0.3 is 30.5 Å². The van der Waals surface area contributed by atoms with E-state index in [1.165, 1.54) is 28.9 Å². The number of carbonyl (C=O) groups is 4. The zero-order valence-corrected chi connectivity index (χ0v) is 23.2. The summed E-state index contributed by atoms with van der Waals surface area (Å²) in [7, 11) is 3.02. The van der Waals surface area contributed by atoms with E-state index in [-0.39, 0.29) is 49.6 Å². The number of amides is 4. The Labute approximate surface area is 241 Å². The van der Waals surface area contributed by atoms with E-state index in [9.17, 15) is 28.0 Å². The number of rotatable bonds is 9. The Morgan fingerprint density at radius 1 is 1.02 bits per heavy atom. The average Bonchev–Trinajstić information content (AvgIpc) is 2.96. The van der Waals surface area contributed by atoms with Gasteiger partial charge in [0.15, 0.2) is 0 Å². The number of benzene rings is 3. The van der Waals surface area contributed by atoms with Crippen molar-refractivity contribution >= 4 is 35.0 Å². The van der Waals surface area contributed by atoms with Crippen LogP contribution in [0.5, 0.6) is 5.75 Å². The second kappa shape index (κ2) is 13.1. The summed E-state index contributed by atoms with van der Waals surface area (Å²) in [6, 6.07) is 14.9. The molecular weight excluding hydrogens is 548 g/mol. The summed E-state index contributed by atoms with van der Waals surface area (Å²) >= 11 is 0. The molecule has 1 heterocycles. The minimum absolute atomic E-state index is 0.0875. The molecule has 1 atom stereocenters. The van der Waals surface area contributed by atoms with E-state index in [0.717, 1.165) is 12.1 Å². The summed E-state index contributed by atoms with van der Waals surface area (Å²) in [5.41, 5.74) is 7.14. The van der Waals surface area contributed by atoms with Crippen molar-refractivity contribution in [3.05, 3.63) is 89.5 Å². The second-order valence-electron chi connectivity index (χ2n) is 9.83. The van der Waals surface area contributed by atoms with Crippen LogP contribution in [0.3, 0.4) is 0 Å². The number of piperazine rings is 1. The number of para-hydroxylation sites is 1. The van der Waals surface area contributed by atoms with Gasteiger partial charge in [-0.25, -0.2) is 8.78 Å². The van der Waals surface area contributed by atoms with Crippen molar-refractivity contribution in [2.24, 2.45) is 0 Å². The van der Waals surface area contributed by atoms with Gasteiger partial charge in [0, 0.05) is 44.0 Å². The molecule has 0 spiro atoms. The molecule has 12 heteroatoms. The number of nitrogens with two attached hydrogens (primary N) is 1. The monoisotopic (exact) mass is 579 g/mol. The van der Waals surface area contributed by atoms with E-state index in [1.807, 2.05) is 0 Å². The molecule has 0 saturated carbocycles. The minimum atomic E-state index is -1.20. The zero-order valence-electron chi connectivity index (χ0n) is 23.2. The Morgan fingerprint density at radius 3 is 2.31 bits per heavy atom. The van der Waals surface area contributed by atoms with Crippen molar-refractivity contribution < 1.29 is 32.7 Å². The number of halogens is 2. The van der Waals surface area contributed by atoms with Crippen molar-refractivity contribution in [3.8, 4) is 5.75 Å². The Bertz CT molecular complexity index is 1460. The van der Waals surface area contributed by atoms with E-state index in [0.29, 0.717) is 23.2 Å². The normalized spacial score (nSPS) is 13.9. The maximum atomic E-state index is 13.9. The number of ether oxygens (including phenoxy) is 1. The van der Waals surface area contributed by atoms with E-state index < -0.39 is 35.4 Å². The molecule has 0 bridgehead atoms. The van der Waals surface area contributed by atoms with E-state index >= 15 is 0 Å². The molecule has 1 aliphatic heterocycles. The van der Waals surface area contributed by atoms with Crippen LogP contribution in [0.1, 0.15) is 15.9 Å². The van der Waals surface area contributed by atoms with Gasteiger partial charge in [-0.2, -0.15) is 0 Å². The fourth-order valence-corrected chi connectivity index (χ4v) is 4.66. The van der Waals surface area contributed by atoms with Gasteiger partial charge in [0.05, 0.1) is 19.2 Å². The van der Waals surface area contributed by atoms with Crippen molar-refractivity contribution in [2.45, 2.75) is 12.5 Å². The Kier molecular flexibility index (Phi) is 9.35. The number of hydrogen-bond acceptors (Lipinski definition) is 6. The fraction of sp³-hybridized carbons (Fsp3) is 0.267. The highest BCUT2D eigenvalue weighted by Gasteiger charge is 2.31. The first kappa shape index (κ1) is 30.0. The molecule has 4 rings (SSSR count).